The van der Waals surface area contributed by atoms with Crippen LogP contribution in [-0.4, -0.2) is 26.9 Å². The van der Waals surface area contributed by atoms with Gasteiger partial charge < -0.3 is 4.90 Å². The quantitative estimate of drug-likeness (QED) is 0.408. The topological polar surface area (TPSA) is 3.24 Å². The Morgan fingerprint density at radius 1 is 0.931 bits per heavy atom. The van der Waals surface area contributed by atoms with E-state index in [0.717, 1.165) is 6.04 Å². The summed E-state index contributed by atoms with van der Waals surface area (Å²) in [6.45, 7) is 17.4. The Labute approximate surface area is 184 Å². The van der Waals surface area contributed by atoms with E-state index in [9.17, 15) is 0 Å². The van der Waals surface area contributed by atoms with Crippen LogP contribution in [0.3, 0.4) is 0 Å². The van der Waals surface area contributed by atoms with Crippen molar-refractivity contribution in [2.45, 2.75) is 128 Å². The van der Waals surface area contributed by atoms with E-state index in [2.05, 4.69) is 78.7 Å². The van der Waals surface area contributed by atoms with Crippen LogP contribution in [0.4, 0.5) is 0 Å². The molecule has 0 aliphatic heterocycles. The molecule has 0 spiro atoms. The minimum Gasteiger partial charge on any atom is -0.363 e. The summed E-state index contributed by atoms with van der Waals surface area (Å²) >= 11 is 0. The van der Waals surface area contributed by atoms with Gasteiger partial charge in [-0.3, -0.25) is 0 Å². The van der Waals surface area contributed by atoms with E-state index < -0.39 is 0 Å². The molecule has 0 aromatic heterocycles. The van der Waals surface area contributed by atoms with Gasteiger partial charge in [-0.25, -0.2) is 0 Å². The van der Waals surface area contributed by atoms with Gasteiger partial charge in [0.1, 0.15) is 0 Å². The summed E-state index contributed by atoms with van der Waals surface area (Å²) in [6.07, 6.45) is 22.3. The summed E-state index contributed by atoms with van der Waals surface area (Å²) in [5.41, 5.74) is 2.34. The van der Waals surface area contributed by atoms with Crippen molar-refractivity contribution in [1.82, 2.24) is 4.90 Å². The summed E-state index contributed by atoms with van der Waals surface area (Å²) < 4.78 is 0. The fourth-order valence-electron chi connectivity index (χ4n) is 6.51. The largest absolute Gasteiger partial charge is 0.363 e. The molecule has 0 saturated heterocycles. The predicted octanol–water partition coefficient (Wildman–Crippen LogP) is 8.32. The highest BCUT2D eigenvalue weighted by atomic mass is 31.1. The van der Waals surface area contributed by atoms with Crippen molar-refractivity contribution in [3.63, 3.8) is 0 Å². The molecule has 2 saturated carbocycles. The molecule has 0 aromatic rings. The first-order valence-electron chi connectivity index (χ1n) is 12.3. The van der Waals surface area contributed by atoms with Gasteiger partial charge in [-0.05, 0) is 79.7 Å². The van der Waals surface area contributed by atoms with E-state index in [1.54, 1.807) is 11.7 Å². The fraction of sp³-hybridized carbons (Fsp3) is 0.778. The molecule has 1 unspecified atom stereocenters. The molecule has 0 heterocycles. The van der Waals surface area contributed by atoms with Crippen molar-refractivity contribution in [3.05, 3.63) is 37.1 Å². The van der Waals surface area contributed by atoms with Crippen LogP contribution in [0.25, 0.3) is 0 Å². The van der Waals surface area contributed by atoms with Crippen molar-refractivity contribution in [1.29, 1.82) is 0 Å². The highest BCUT2D eigenvalue weighted by molar-refractivity contribution is 7.61. The minimum absolute atomic E-state index is 0.139. The van der Waals surface area contributed by atoms with Crippen molar-refractivity contribution in [3.8, 4) is 0 Å². The maximum atomic E-state index is 2.86. The molecule has 3 rings (SSSR count). The number of rotatable bonds is 5. The molecule has 2 heteroatoms. The number of hydrogen-bond acceptors (Lipinski definition) is 1. The zero-order chi connectivity index (χ0) is 21.2. The summed E-state index contributed by atoms with van der Waals surface area (Å²) in [4.78, 5) is 2.86. The monoisotopic (exact) mass is 415 g/mol. The number of hydrogen-bond donors (Lipinski definition) is 0. The van der Waals surface area contributed by atoms with Gasteiger partial charge in [-0.2, -0.15) is 0 Å². The second kappa shape index (κ2) is 9.63. The highest BCUT2D eigenvalue weighted by Crippen LogP contribution is 2.66. The van der Waals surface area contributed by atoms with Gasteiger partial charge in [0.2, 0.25) is 0 Å². The lowest BCUT2D eigenvalue weighted by atomic mass is 9.88. The van der Waals surface area contributed by atoms with Crippen LogP contribution in [0, 0.1) is 31.2 Å². The Balaban J connectivity index is 1.89. The maximum Gasteiger partial charge on any atom is 0.0710 e. The Bertz CT molecular complexity index is 532. The Morgan fingerprint density at radius 3 is 2.14 bits per heavy atom. The molecule has 0 amide bonds. The average Bonchev–Trinajstić information content (AvgIpc) is 3.11. The van der Waals surface area contributed by atoms with Crippen LogP contribution in [0.1, 0.15) is 106 Å². The molecule has 0 aromatic carbocycles. The smallest absolute Gasteiger partial charge is 0.0710 e. The molecular weight excluding hydrogens is 369 g/mol. The van der Waals surface area contributed by atoms with Crippen molar-refractivity contribution in [2.24, 2.45) is 5.92 Å². The molecule has 3 aliphatic carbocycles. The van der Waals surface area contributed by atoms with Crippen LogP contribution in [0.15, 0.2) is 11.8 Å². The van der Waals surface area contributed by atoms with E-state index in [-0.39, 0.29) is 7.92 Å². The Kier molecular flexibility index (Phi) is 7.84. The average molecular weight is 416 g/mol. The lowest BCUT2D eigenvalue weighted by Gasteiger charge is -2.51. The molecule has 2 atom stereocenters. The lowest BCUT2D eigenvalue weighted by Crippen LogP contribution is -2.44. The first-order valence-corrected chi connectivity index (χ1v) is 13.7. The van der Waals surface area contributed by atoms with Crippen LogP contribution in [0.5, 0.6) is 0 Å². The van der Waals surface area contributed by atoms with E-state index in [1.807, 2.05) is 0 Å². The second-order valence-corrected chi connectivity index (χ2v) is 15.8. The van der Waals surface area contributed by atoms with Gasteiger partial charge in [0.05, 0.1) is 6.04 Å². The maximum absolute atomic E-state index is 2.86. The molecule has 0 N–H and O–H groups in total. The zero-order valence-electron chi connectivity index (χ0n) is 20.3. The summed E-state index contributed by atoms with van der Waals surface area (Å²) in [7, 11) is -0.139. The number of allylic oxidation sites excluding steroid dienone is 2. The number of nitrogens with zero attached hydrogens (tertiary/aromatic N) is 1. The SMILES string of the molecule is C[C@@H](C1[CH][CH][CH][C]1N(C1=CCCCC1)C1CCCCC1)P(C(C)(C)C)C(C)(C)C. The van der Waals surface area contributed by atoms with Crippen molar-refractivity contribution in [2.75, 3.05) is 0 Å². The van der Waals surface area contributed by atoms with Gasteiger partial charge in [0.15, 0.2) is 0 Å². The van der Waals surface area contributed by atoms with Crippen LogP contribution in [0.2, 0.25) is 0 Å². The van der Waals surface area contributed by atoms with Crippen LogP contribution in [-0.2, 0) is 0 Å². The molecule has 4 radical (unpaired) electrons. The first kappa shape index (κ1) is 23.6. The molecule has 3 aliphatic rings. The summed E-state index contributed by atoms with van der Waals surface area (Å²) in [5.74, 6) is 0.573. The Morgan fingerprint density at radius 2 is 1.59 bits per heavy atom. The van der Waals surface area contributed by atoms with Crippen LogP contribution >= 0.6 is 7.92 Å². The molecule has 2 fully saturated rings. The highest BCUT2D eigenvalue weighted by Gasteiger charge is 2.47. The van der Waals surface area contributed by atoms with E-state index in [1.165, 1.54) is 57.8 Å². The molecule has 29 heavy (non-hydrogen) atoms. The van der Waals surface area contributed by atoms with Gasteiger partial charge in [-0.15, -0.1) is 0 Å². The van der Waals surface area contributed by atoms with E-state index >= 15 is 0 Å². The van der Waals surface area contributed by atoms with Gasteiger partial charge in [0, 0.05) is 11.7 Å². The second-order valence-electron chi connectivity index (χ2n) is 11.6. The Hall–Kier alpha value is -0.0300. The zero-order valence-corrected chi connectivity index (χ0v) is 21.2. The summed E-state index contributed by atoms with van der Waals surface area (Å²) in [5, 5.41) is 0.739. The van der Waals surface area contributed by atoms with Crippen LogP contribution < -0.4 is 0 Å². The molecular formula is C27H46NP. The van der Waals surface area contributed by atoms with Gasteiger partial charge >= 0.3 is 0 Å². The third-order valence-corrected chi connectivity index (χ3v) is 11.1. The molecule has 1 nitrogen and oxygen atoms in total. The predicted molar refractivity (Wildman–Crippen MR) is 131 cm³/mol. The summed E-state index contributed by atoms with van der Waals surface area (Å²) in [6, 6.07) is 2.35. The minimum atomic E-state index is -0.139. The first-order chi connectivity index (χ1) is 13.6. The molecule has 164 valence electrons. The normalized spacial score (nSPS) is 26.6. The van der Waals surface area contributed by atoms with Gasteiger partial charge in [0.25, 0.3) is 0 Å². The van der Waals surface area contributed by atoms with E-state index in [0.29, 0.717) is 21.9 Å². The third kappa shape index (κ3) is 5.61. The molecule has 0 bridgehead atoms. The standard InChI is InChI=1S/C27H46NP/c1-21(29(26(2,3)4)27(5,6)7)24-19-14-20-25(24)28(22-15-10-8-11-16-22)23-17-12-9-13-18-23/h14-15,19-21,23-24H,8-13,16-18H2,1-7H3/t21-,24?/m0/s1. The van der Waals surface area contributed by atoms with Crippen molar-refractivity contribution < 1.29 is 0 Å². The fourth-order valence-corrected chi connectivity index (χ4v) is 11.5. The third-order valence-electron chi connectivity index (χ3n) is 7.09. The van der Waals surface area contributed by atoms with E-state index in [4.69, 9.17) is 0 Å². The van der Waals surface area contributed by atoms with Gasteiger partial charge in [-0.1, -0.05) is 81.7 Å². The lowest BCUT2D eigenvalue weighted by molar-refractivity contribution is 0.188. The van der Waals surface area contributed by atoms with Crippen molar-refractivity contribution >= 4 is 7.92 Å².